The summed E-state index contributed by atoms with van der Waals surface area (Å²) in [6.07, 6.45) is 2.49. The largest absolute Gasteiger partial charge is 0.507 e. The normalized spacial score (nSPS) is 28.5. The van der Waals surface area contributed by atoms with Gasteiger partial charge in [-0.2, -0.15) is 0 Å². The maximum absolute atomic E-state index is 16.0. The quantitative estimate of drug-likeness (QED) is 0.0788. The Morgan fingerprint density at radius 3 is 2.22 bits per heavy atom. The molecule has 3 aliphatic heterocycles. The van der Waals surface area contributed by atoms with Crippen molar-refractivity contribution in [3.63, 3.8) is 0 Å². The molecule has 5 N–H and O–H groups in total. The Balaban J connectivity index is 1.80. The minimum atomic E-state index is -1.11. The lowest BCUT2D eigenvalue weighted by Gasteiger charge is -2.36. The number of methoxy groups -OCH3 is 1. The van der Waals surface area contributed by atoms with Crippen molar-refractivity contribution in [2.24, 2.45) is 23.7 Å². The Hall–Kier alpha value is -5.15. The number of ketones is 1. The van der Waals surface area contributed by atoms with Crippen molar-refractivity contribution >= 4 is 39.2 Å². The van der Waals surface area contributed by atoms with E-state index in [4.69, 9.17) is 23.6 Å². The van der Waals surface area contributed by atoms with E-state index in [2.05, 4.69) is 5.32 Å². The van der Waals surface area contributed by atoms with Gasteiger partial charge in [0.15, 0.2) is 22.9 Å². The standard InChI is InChI=1S/C45H55FN2O11/c1-19(2)28-15-16-29-43(34(28)46)59-44-35(47-29)32-31(26(9)49)42-25(8)40(53)33(32)41(54)36(44)48-45(55)21(4)14-12-13-20(3)37(50)23(6)39(52)24(7)38(51)22(5)30(56-11)17-18-57-27(10)58-42/h12-20,22-24,27,30,37-39,50-53H,1-11H3,(H,48,55)/b13-12+,18-17+,21-14-/t20-,22+,23+,24-,27+,30-,37-,38+,39+/m0/s1. The van der Waals surface area contributed by atoms with Crippen LogP contribution in [0.5, 0.6) is 11.5 Å². The second kappa shape index (κ2) is 18.0. The van der Waals surface area contributed by atoms with E-state index in [0.717, 1.165) is 0 Å². The van der Waals surface area contributed by atoms with Crippen molar-refractivity contribution in [1.29, 1.82) is 0 Å². The molecule has 14 heteroatoms. The Morgan fingerprint density at radius 1 is 0.949 bits per heavy atom. The number of anilines is 1. The summed E-state index contributed by atoms with van der Waals surface area (Å²) in [7, 11) is 1.46. The SMILES string of the molecule is CO[C@H]1/C=C/O[C@@H](C)Oc2c(C)c(O)c3c(=O)c(c4oc5c(F)c(C(C)C)ccc5nc-4c3c2C(C)=O)NC(=O)/C(C)=C\C=C\[C@H](C)[C@H](O)[C@@H](C)[C@@H](O)[C@@H](C)[C@H](O)[C@@H]1C. The Kier molecular flexibility index (Phi) is 13.7. The molecule has 4 aliphatic rings. The van der Waals surface area contributed by atoms with Crippen LogP contribution in [-0.2, 0) is 14.3 Å². The fourth-order valence-corrected chi connectivity index (χ4v) is 7.68. The molecule has 0 fully saturated rings. The second-order valence-electron chi connectivity index (χ2n) is 16.0. The number of Topliss-reactive ketones (excluding diaryl/α,β-unsaturated/α-hetero) is 1. The number of phenols is 1. The number of aliphatic hydroxyl groups excluding tert-OH is 3. The lowest BCUT2D eigenvalue weighted by molar-refractivity contribution is -0.112. The fraction of sp³-hybridized carbons (Fsp3) is 0.467. The van der Waals surface area contributed by atoms with Gasteiger partial charge in [-0.05, 0) is 44.4 Å². The Bertz CT molecular complexity index is 2370. The van der Waals surface area contributed by atoms with Crippen LogP contribution >= 0.6 is 0 Å². The molecule has 59 heavy (non-hydrogen) atoms. The first-order valence-corrected chi connectivity index (χ1v) is 19.7. The summed E-state index contributed by atoms with van der Waals surface area (Å²) < 4.78 is 39.8. The van der Waals surface area contributed by atoms with E-state index in [1.54, 1.807) is 71.9 Å². The highest BCUT2D eigenvalue weighted by molar-refractivity contribution is 6.19. The number of aliphatic hydroxyl groups is 3. The smallest absolute Gasteiger partial charge is 0.251 e. The summed E-state index contributed by atoms with van der Waals surface area (Å²) in [5, 5.41) is 47.6. The van der Waals surface area contributed by atoms with Crippen LogP contribution in [0.25, 0.3) is 33.3 Å². The zero-order chi connectivity index (χ0) is 43.8. The molecule has 1 amide bonds. The predicted molar refractivity (Wildman–Crippen MR) is 222 cm³/mol. The number of aromatic nitrogens is 1. The van der Waals surface area contributed by atoms with E-state index >= 15 is 4.39 Å². The Morgan fingerprint density at radius 2 is 1.59 bits per heavy atom. The molecular formula is C45H55FN2O11. The van der Waals surface area contributed by atoms with E-state index in [-0.39, 0.29) is 61.7 Å². The highest BCUT2D eigenvalue weighted by Crippen LogP contribution is 2.46. The summed E-state index contributed by atoms with van der Waals surface area (Å²) >= 11 is 0. The van der Waals surface area contributed by atoms with Gasteiger partial charge in [0.25, 0.3) is 5.91 Å². The molecule has 6 rings (SSSR count). The van der Waals surface area contributed by atoms with Gasteiger partial charge >= 0.3 is 0 Å². The molecule has 0 aromatic heterocycles. The number of fused-ring (bicyclic) bond motifs is 17. The molecule has 318 valence electrons. The van der Waals surface area contributed by atoms with Gasteiger partial charge in [-0.15, -0.1) is 0 Å². The van der Waals surface area contributed by atoms with Gasteiger partial charge in [0, 0.05) is 54.2 Å². The first-order valence-electron chi connectivity index (χ1n) is 19.7. The third-order valence-corrected chi connectivity index (χ3v) is 11.5. The number of hydrogen-bond acceptors (Lipinski definition) is 12. The zero-order valence-corrected chi connectivity index (χ0v) is 35.3. The van der Waals surface area contributed by atoms with E-state index in [9.17, 15) is 34.8 Å². The van der Waals surface area contributed by atoms with E-state index < -0.39 is 88.8 Å². The second-order valence-corrected chi connectivity index (χ2v) is 16.0. The van der Waals surface area contributed by atoms with Crippen LogP contribution in [0.1, 0.15) is 89.7 Å². The molecule has 2 aromatic carbocycles. The lowest BCUT2D eigenvalue weighted by atomic mass is 9.78. The maximum atomic E-state index is 16.0. The van der Waals surface area contributed by atoms with Crippen molar-refractivity contribution in [1.82, 2.24) is 4.98 Å². The van der Waals surface area contributed by atoms with Crippen LogP contribution in [0, 0.1) is 36.4 Å². The molecule has 1 aliphatic carbocycles. The van der Waals surface area contributed by atoms with Crippen LogP contribution in [0.3, 0.4) is 0 Å². The summed E-state index contributed by atoms with van der Waals surface area (Å²) in [5.74, 6) is -5.75. The number of aromatic hydroxyl groups is 1. The van der Waals surface area contributed by atoms with Gasteiger partial charge in [0.2, 0.25) is 11.7 Å². The molecule has 0 radical (unpaired) electrons. The highest BCUT2D eigenvalue weighted by atomic mass is 19.1. The van der Waals surface area contributed by atoms with Crippen molar-refractivity contribution in [3.8, 4) is 23.0 Å². The third-order valence-electron chi connectivity index (χ3n) is 11.5. The van der Waals surface area contributed by atoms with Gasteiger partial charge in [0.1, 0.15) is 28.4 Å². The van der Waals surface area contributed by atoms with Gasteiger partial charge in [-0.3, -0.25) is 14.4 Å². The maximum Gasteiger partial charge on any atom is 0.251 e. The molecule has 0 spiro atoms. The van der Waals surface area contributed by atoms with Crippen molar-refractivity contribution in [3.05, 3.63) is 81.0 Å². The van der Waals surface area contributed by atoms with Crippen LogP contribution in [0.15, 0.2) is 57.5 Å². The number of carbonyl (C=O) groups is 2. The molecule has 3 heterocycles. The molecule has 2 aromatic rings. The van der Waals surface area contributed by atoms with E-state index in [1.165, 1.54) is 47.1 Å². The number of amides is 1. The number of rotatable bonds is 3. The summed E-state index contributed by atoms with van der Waals surface area (Å²) in [6.45, 7) is 16.2. The predicted octanol–water partition coefficient (Wildman–Crippen LogP) is 7.28. The minimum absolute atomic E-state index is 0.0116. The molecule has 0 saturated carbocycles. The number of hydrogen-bond donors (Lipinski definition) is 5. The number of allylic oxidation sites excluding steroid dienone is 2. The Labute approximate surface area is 342 Å². The third kappa shape index (κ3) is 8.63. The fourth-order valence-electron chi connectivity index (χ4n) is 7.68. The number of ether oxygens (including phenoxy) is 3. The number of benzene rings is 3. The molecule has 0 unspecified atom stereocenters. The van der Waals surface area contributed by atoms with Gasteiger partial charge in [-0.25, -0.2) is 9.37 Å². The highest BCUT2D eigenvalue weighted by Gasteiger charge is 2.37. The molecule has 13 nitrogen and oxygen atoms in total. The zero-order valence-electron chi connectivity index (χ0n) is 35.3. The number of nitrogens with zero attached hydrogens (tertiary/aromatic N) is 1. The van der Waals surface area contributed by atoms with Gasteiger partial charge in [-0.1, -0.05) is 65.8 Å². The van der Waals surface area contributed by atoms with Crippen molar-refractivity contribution in [2.45, 2.75) is 106 Å². The van der Waals surface area contributed by atoms with Crippen LogP contribution in [0.4, 0.5) is 10.1 Å². The van der Waals surface area contributed by atoms with Crippen molar-refractivity contribution in [2.75, 3.05) is 12.4 Å². The minimum Gasteiger partial charge on any atom is -0.507 e. The van der Waals surface area contributed by atoms with Crippen LogP contribution in [0.2, 0.25) is 0 Å². The van der Waals surface area contributed by atoms with Crippen molar-refractivity contribution < 1.29 is 53.0 Å². The van der Waals surface area contributed by atoms with Crippen LogP contribution in [-0.4, -0.2) is 74.9 Å². The first-order chi connectivity index (χ1) is 27.7. The monoisotopic (exact) mass is 818 g/mol. The number of halogens is 1. The van der Waals surface area contributed by atoms with Gasteiger partial charge < -0.3 is 44.4 Å². The topological polar surface area (TPSA) is 198 Å². The average molecular weight is 819 g/mol. The first kappa shape index (κ1) is 44.9. The lowest BCUT2D eigenvalue weighted by Crippen LogP contribution is -2.44. The summed E-state index contributed by atoms with van der Waals surface area (Å²) in [4.78, 5) is 46.7. The molecule has 0 saturated heterocycles. The molecule has 4 bridgehead atoms. The molecular weight excluding hydrogens is 763 g/mol. The molecule has 9 atom stereocenters. The summed E-state index contributed by atoms with van der Waals surface area (Å²) in [6, 6.07) is 3.10. The number of phenolic OH excluding ortho intramolecular Hbond substituents is 1. The van der Waals surface area contributed by atoms with Crippen LogP contribution < -0.4 is 15.5 Å². The number of nitrogens with one attached hydrogen (secondary N) is 1. The number of carbonyl (C=O) groups excluding carboxylic acids is 2. The average Bonchev–Trinajstić information content (AvgIpc) is 3.19. The van der Waals surface area contributed by atoms with E-state index in [0.29, 0.717) is 5.56 Å². The van der Waals surface area contributed by atoms with E-state index in [1.807, 2.05) is 0 Å². The summed E-state index contributed by atoms with van der Waals surface area (Å²) in [5.41, 5.74) is -1.46. The van der Waals surface area contributed by atoms with Gasteiger partial charge in [0.05, 0.1) is 41.6 Å².